The Morgan fingerprint density at radius 1 is 1.12 bits per heavy atom. The molecular formula is C23H37N3O4S2. The van der Waals surface area contributed by atoms with Crippen LogP contribution in [0.3, 0.4) is 0 Å². The summed E-state index contributed by atoms with van der Waals surface area (Å²) in [5.41, 5.74) is 1.00. The molecule has 2 N–H and O–H groups in total. The molecule has 1 atom stereocenters. The van der Waals surface area contributed by atoms with Crippen molar-refractivity contribution in [2.24, 2.45) is 11.8 Å². The van der Waals surface area contributed by atoms with Gasteiger partial charge < -0.3 is 10.6 Å². The molecule has 0 bridgehead atoms. The van der Waals surface area contributed by atoms with Crippen LogP contribution in [-0.2, 0) is 19.6 Å². The van der Waals surface area contributed by atoms with Gasteiger partial charge in [-0.05, 0) is 62.7 Å². The second kappa shape index (κ2) is 12.6. The summed E-state index contributed by atoms with van der Waals surface area (Å²) >= 11 is 1.64. The van der Waals surface area contributed by atoms with Crippen molar-refractivity contribution in [3.8, 4) is 0 Å². The van der Waals surface area contributed by atoms with Gasteiger partial charge in [0.05, 0.1) is 4.90 Å². The van der Waals surface area contributed by atoms with E-state index in [0.717, 1.165) is 17.7 Å². The van der Waals surface area contributed by atoms with E-state index in [2.05, 4.69) is 24.5 Å². The van der Waals surface area contributed by atoms with Gasteiger partial charge in [-0.3, -0.25) is 9.59 Å². The Balaban J connectivity index is 1.92. The summed E-state index contributed by atoms with van der Waals surface area (Å²) in [5, 5.41) is 5.85. The van der Waals surface area contributed by atoms with E-state index in [1.807, 2.05) is 13.2 Å². The molecule has 9 heteroatoms. The lowest BCUT2D eigenvalue weighted by Gasteiger charge is -2.31. The van der Waals surface area contributed by atoms with Crippen LogP contribution >= 0.6 is 11.8 Å². The molecule has 1 aliphatic rings. The molecule has 7 nitrogen and oxygen atoms in total. The van der Waals surface area contributed by atoms with Gasteiger partial charge in [0.2, 0.25) is 21.8 Å². The maximum absolute atomic E-state index is 12.9. The lowest BCUT2D eigenvalue weighted by Crippen LogP contribution is -2.50. The Bertz CT molecular complexity index is 848. The van der Waals surface area contributed by atoms with Crippen molar-refractivity contribution < 1.29 is 18.0 Å². The third-order valence-corrected chi connectivity index (χ3v) is 8.30. The molecule has 0 saturated carbocycles. The molecule has 0 radical (unpaired) electrons. The highest BCUT2D eigenvalue weighted by Gasteiger charge is 2.33. The summed E-state index contributed by atoms with van der Waals surface area (Å²) in [4.78, 5) is 25.7. The Morgan fingerprint density at radius 3 is 2.31 bits per heavy atom. The quantitative estimate of drug-likeness (QED) is 0.505. The Kier molecular flexibility index (Phi) is 10.5. The van der Waals surface area contributed by atoms with Gasteiger partial charge in [0.1, 0.15) is 6.04 Å². The van der Waals surface area contributed by atoms with Crippen LogP contribution in [0.2, 0.25) is 0 Å². The second-order valence-electron chi connectivity index (χ2n) is 8.81. The molecule has 2 rings (SSSR count). The first-order valence-electron chi connectivity index (χ1n) is 11.3. The number of piperidine rings is 1. The molecule has 1 unspecified atom stereocenters. The van der Waals surface area contributed by atoms with Gasteiger partial charge in [-0.1, -0.05) is 31.5 Å². The Labute approximate surface area is 197 Å². The SMILES string of the molecule is CSCCC(NC(=O)C1CCN(S(=O)(=O)c2ccc(C)cc2)CC1)C(=O)NCCC(C)C. The zero-order valence-electron chi connectivity index (χ0n) is 19.6. The van der Waals surface area contributed by atoms with Gasteiger partial charge in [0.25, 0.3) is 0 Å². The van der Waals surface area contributed by atoms with E-state index in [9.17, 15) is 18.0 Å². The summed E-state index contributed by atoms with van der Waals surface area (Å²) in [6.45, 7) is 7.30. The monoisotopic (exact) mass is 483 g/mol. The van der Waals surface area contributed by atoms with Gasteiger partial charge in [-0.25, -0.2) is 8.42 Å². The molecule has 1 aliphatic heterocycles. The van der Waals surface area contributed by atoms with Gasteiger partial charge >= 0.3 is 0 Å². The Morgan fingerprint density at radius 2 is 1.75 bits per heavy atom. The molecular weight excluding hydrogens is 446 g/mol. The number of nitrogens with one attached hydrogen (secondary N) is 2. The maximum atomic E-state index is 12.9. The van der Waals surface area contributed by atoms with E-state index in [1.165, 1.54) is 4.31 Å². The fraction of sp³-hybridized carbons (Fsp3) is 0.652. The topological polar surface area (TPSA) is 95.6 Å². The first-order valence-corrected chi connectivity index (χ1v) is 14.1. The molecule has 32 heavy (non-hydrogen) atoms. The fourth-order valence-electron chi connectivity index (χ4n) is 3.62. The van der Waals surface area contributed by atoms with Crippen molar-refractivity contribution in [3.05, 3.63) is 29.8 Å². The van der Waals surface area contributed by atoms with Crippen LogP contribution in [-0.4, -0.2) is 62.2 Å². The van der Waals surface area contributed by atoms with Crippen molar-refractivity contribution in [1.82, 2.24) is 14.9 Å². The molecule has 0 spiro atoms. The van der Waals surface area contributed by atoms with E-state index in [-0.39, 0.29) is 22.6 Å². The number of amides is 2. The largest absolute Gasteiger partial charge is 0.354 e. The lowest BCUT2D eigenvalue weighted by atomic mass is 9.96. The van der Waals surface area contributed by atoms with Crippen LogP contribution < -0.4 is 10.6 Å². The molecule has 1 heterocycles. The normalized spacial score (nSPS) is 16.7. The molecule has 180 valence electrons. The van der Waals surface area contributed by atoms with E-state index >= 15 is 0 Å². The first-order chi connectivity index (χ1) is 15.1. The number of nitrogens with zero attached hydrogens (tertiary/aromatic N) is 1. The molecule has 2 amide bonds. The van der Waals surface area contributed by atoms with E-state index in [1.54, 1.807) is 36.0 Å². The van der Waals surface area contributed by atoms with Crippen LogP contribution in [0.15, 0.2) is 29.2 Å². The average molecular weight is 484 g/mol. The van der Waals surface area contributed by atoms with E-state index in [0.29, 0.717) is 44.8 Å². The van der Waals surface area contributed by atoms with Crippen LogP contribution in [0.5, 0.6) is 0 Å². The van der Waals surface area contributed by atoms with Crippen LogP contribution in [0.25, 0.3) is 0 Å². The highest BCUT2D eigenvalue weighted by Crippen LogP contribution is 2.24. The summed E-state index contributed by atoms with van der Waals surface area (Å²) in [6.07, 6.45) is 4.33. The zero-order valence-corrected chi connectivity index (χ0v) is 21.2. The number of carbonyl (C=O) groups is 2. The Hall–Kier alpha value is -1.58. The van der Waals surface area contributed by atoms with Gasteiger partial charge in [-0.15, -0.1) is 0 Å². The summed E-state index contributed by atoms with van der Waals surface area (Å²) < 4.78 is 27.2. The number of rotatable bonds is 11. The van der Waals surface area contributed by atoms with Crippen molar-refractivity contribution >= 4 is 33.6 Å². The molecule has 0 aromatic heterocycles. The van der Waals surface area contributed by atoms with Gasteiger partial charge in [0.15, 0.2) is 0 Å². The van der Waals surface area contributed by atoms with Gasteiger partial charge in [0, 0.05) is 25.6 Å². The molecule has 1 aromatic rings. The zero-order chi connectivity index (χ0) is 23.7. The maximum Gasteiger partial charge on any atom is 0.243 e. The highest BCUT2D eigenvalue weighted by molar-refractivity contribution is 7.98. The molecule has 1 aromatic carbocycles. The molecule has 1 saturated heterocycles. The standard InChI is InChI=1S/C23H37N3O4S2/c1-17(2)9-13-24-23(28)21(12-16-31-4)25-22(27)19-10-14-26(15-11-19)32(29,30)20-7-5-18(3)6-8-20/h5-8,17,19,21H,9-16H2,1-4H3,(H,24,28)(H,25,27). The number of hydrogen-bond acceptors (Lipinski definition) is 5. The smallest absolute Gasteiger partial charge is 0.243 e. The average Bonchev–Trinajstić information content (AvgIpc) is 2.76. The minimum Gasteiger partial charge on any atom is -0.354 e. The van der Waals surface area contributed by atoms with Crippen LogP contribution in [0, 0.1) is 18.8 Å². The third kappa shape index (κ3) is 7.78. The molecule has 1 fully saturated rings. The number of benzene rings is 1. The number of sulfonamides is 1. The van der Waals surface area contributed by atoms with Crippen molar-refractivity contribution in [2.75, 3.05) is 31.6 Å². The lowest BCUT2D eigenvalue weighted by molar-refractivity contribution is -0.131. The predicted molar refractivity (Wildman–Crippen MR) is 130 cm³/mol. The summed E-state index contributed by atoms with van der Waals surface area (Å²) in [5.74, 6) is 0.668. The fourth-order valence-corrected chi connectivity index (χ4v) is 5.56. The predicted octanol–water partition coefficient (Wildman–Crippen LogP) is 2.80. The number of carbonyl (C=O) groups excluding carboxylic acids is 2. The van der Waals surface area contributed by atoms with Gasteiger partial charge in [-0.2, -0.15) is 16.1 Å². The van der Waals surface area contributed by atoms with Crippen molar-refractivity contribution in [2.45, 2.75) is 57.4 Å². The number of thioether (sulfide) groups is 1. The van der Waals surface area contributed by atoms with Crippen molar-refractivity contribution in [3.63, 3.8) is 0 Å². The number of aryl methyl sites for hydroxylation is 1. The summed E-state index contributed by atoms with van der Waals surface area (Å²) in [6, 6.07) is 6.26. The van der Waals surface area contributed by atoms with E-state index in [4.69, 9.17) is 0 Å². The third-order valence-electron chi connectivity index (χ3n) is 5.75. The second-order valence-corrected chi connectivity index (χ2v) is 11.7. The minimum absolute atomic E-state index is 0.146. The molecule has 0 aliphatic carbocycles. The first kappa shape index (κ1) is 26.7. The van der Waals surface area contributed by atoms with E-state index < -0.39 is 16.1 Å². The number of hydrogen-bond donors (Lipinski definition) is 2. The van der Waals surface area contributed by atoms with Crippen LogP contribution in [0.4, 0.5) is 0 Å². The van der Waals surface area contributed by atoms with Crippen molar-refractivity contribution in [1.29, 1.82) is 0 Å². The highest BCUT2D eigenvalue weighted by atomic mass is 32.2. The van der Waals surface area contributed by atoms with Crippen LogP contribution in [0.1, 0.15) is 45.1 Å². The summed E-state index contributed by atoms with van der Waals surface area (Å²) in [7, 11) is -3.56. The minimum atomic E-state index is -3.56.